The second kappa shape index (κ2) is 10.7. The van der Waals surface area contributed by atoms with Crippen LogP contribution in [0, 0.1) is 12.3 Å². The lowest BCUT2D eigenvalue weighted by atomic mass is 9.85. The third-order valence-electron chi connectivity index (χ3n) is 7.40. The number of aromatic nitrogens is 1. The van der Waals surface area contributed by atoms with Gasteiger partial charge in [-0.2, -0.15) is 0 Å². The summed E-state index contributed by atoms with van der Waals surface area (Å²) in [5.41, 5.74) is 3.32. The monoisotopic (exact) mass is 544 g/mol. The van der Waals surface area contributed by atoms with Gasteiger partial charge in [-0.3, -0.25) is 14.4 Å². The molecule has 1 aromatic heterocycles. The predicted octanol–water partition coefficient (Wildman–Crippen LogP) is 3.29. The van der Waals surface area contributed by atoms with Crippen molar-refractivity contribution in [3.05, 3.63) is 40.5 Å². The van der Waals surface area contributed by atoms with Crippen LogP contribution < -0.4 is 10.6 Å². The van der Waals surface area contributed by atoms with Gasteiger partial charge < -0.3 is 20.6 Å². The van der Waals surface area contributed by atoms with Gasteiger partial charge in [-0.05, 0) is 54.4 Å². The number of hydrogen-bond acceptors (Lipinski definition) is 6. The van der Waals surface area contributed by atoms with Crippen molar-refractivity contribution < 1.29 is 23.9 Å². The van der Waals surface area contributed by atoms with E-state index in [1.54, 1.807) is 32.1 Å². The summed E-state index contributed by atoms with van der Waals surface area (Å²) < 4.78 is 14.4. The van der Waals surface area contributed by atoms with Crippen molar-refractivity contribution in [2.75, 3.05) is 6.54 Å². The number of likely N-dealkylation sites (tertiary alicyclic amines) is 1. The number of thiazole rings is 1. The van der Waals surface area contributed by atoms with Gasteiger partial charge in [-0.1, -0.05) is 39.8 Å². The maximum absolute atomic E-state index is 14.4. The highest BCUT2D eigenvalue weighted by molar-refractivity contribution is 7.13. The summed E-state index contributed by atoms with van der Waals surface area (Å²) in [5.74, 6) is -1.66. The molecule has 3 atom stereocenters. The molecule has 1 saturated carbocycles. The Hall–Kier alpha value is -2.85. The Balaban J connectivity index is 1.47. The minimum absolute atomic E-state index is 0.0246. The summed E-state index contributed by atoms with van der Waals surface area (Å²) in [4.78, 5) is 46.1. The summed E-state index contributed by atoms with van der Waals surface area (Å²) >= 11 is 1.59. The van der Waals surface area contributed by atoms with Crippen LogP contribution in [0.25, 0.3) is 10.4 Å². The van der Waals surface area contributed by atoms with Gasteiger partial charge in [0.2, 0.25) is 11.8 Å². The molecule has 0 unspecified atom stereocenters. The molecule has 1 aromatic carbocycles. The van der Waals surface area contributed by atoms with Gasteiger partial charge in [0.25, 0.3) is 5.91 Å². The van der Waals surface area contributed by atoms with E-state index in [0.29, 0.717) is 0 Å². The average Bonchev–Trinajstić information content (AvgIpc) is 3.28. The van der Waals surface area contributed by atoms with Crippen LogP contribution >= 0.6 is 11.3 Å². The van der Waals surface area contributed by atoms with E-state index < -0.39 is 41.1 Å². The lowest BCUT2D eigenvalue weighted by Crippen LogP contribution is -2.59. The average molecular weight is 545 g/mol. The summed E-state index contributed by atoms with van der Waals surface area (Å²) in [5, 5.41) is 15.9. The molecule has 0 bridgehead atoms. The zero-order chi connectivity index (χ0) is 27.8. The number of nitrogens with zero attached hydrogens (tertiary/aromatic N) is 2. The number of nitrogens with one attached hydrogen (secondary N) is 2. The normalized spacial score (nSPS) is 21.2. The van der Waals surface area contributed by atoms with Crippen LogP contribution in [-0.4, -0.2) is 63.1 Å². The quantitative estimate of drug-likeness (QED) is 0.472. The molecule has 2 fully saturated rings. The van der Waals surface area contributed by atoms with E-state index in [4.69, 9.17) is 0 Å². The van der Waals surface area contributed by atoms with Crippen molar-refractivity contribution in [3.8, 4) is 10.4 Å². The van der Waals surface area contributed by atoms with Crippen molar-refractivity contribution in [1.29, 1.82) is 0 Å². The zero-order valence-electron chi connectivity index (χ0n) is 22.6. The summed E-state index contributed by atoms with van der Waals surface area (Å²) in [6.07, 6.45) is 0.297. The van der Waals surface area contributed by atoms with Gasteiger partial charge in [0.15, 0.2) is 5.67 Å². The second-order valence-corrected chi connectivity index (χ2v) is 12.3. The molecule has 3 N–H and O–H groups in total. The van der Waals surface area contributed by atoms with Gasteiger partial charge in [-0.25, -0.2) is 9.37 Å². The largest absolute Gasteiger partial charge is 0.391 e. The van der Waals surface area contributed by atoms with Gasteiger partial charge >= 0.3 is 0 Å². The highest BCUT2D eigenvalue weighted by Crippen LogP contribution is 2.40. The molecule has 206 valence electrons. The number of rotatable bonds is 8. The van der Waals surface area contributed by atoms with Gasteiger partial charge in [0, 0.05) is 19.5 Å². The van der Waals surface area contributed by atoms with Gasteiger partial charge in [0.05, 0.1) is 22.2 Å². The van der Waals surface area contributed by atoms with E-state index >= 15 is 0 Å². The summed E-state index contributed by atoms with van der Waals surface area (Å²) in [6, 6.07) is 4.22. The number of hydrogen-bond donors (Lipinski definition) is 3. The summed E-state index contributed by atoms with van der Waals surface area (Å²) in [6.45, 7) is 9.62. The number of benzene rings is 1. The van der Waals surface area contributed by atoms with Crippen LogP contribution in [0.2, 0.25) is 0 Å². The number of carbonyl (C=O) groups is 3. The Bertz CT molecular complexity index is 1220. The molecule has 8 nitrogen and oxygen atoms in total. The Labute approximate surface area is 227 Å². The maximum atomic E-state index is 14.4. The van der Waals surface area contributed by atoms with Crippen molar-refractivity contribution in [3.63, 3.8) is 0 Å². The SMILES string of the molecule is CCc1cc(-c2scnc2C)ccc1CNC(=O)[C@@H]1C[C@@H](O)CN1C(=O)[C@@H](NC(=O)C1(F)CC1)C(C)(C)C. The fraction of sp³-hybridized carbons (Fsp3) is 0.571. The number of aryl methyl sites for hydroxylation is 2. The first-order valence-corrected chi connectivity index (χ1v) is 14.0. The van der Waals surface area contributed by atoms with Crippen molar-refractivity contribution in [2.45, 2.75) is 90.7 Å². The number of aliphatic hydroxyl groups is 1. The molecule has 2 aromatic rings. The van der Waals surface area contributed by atoms with Gasteiger partial charge in [-0.15, -0.1) is 11.3 Å². The predicted molar refractivity (Wildman–Crippen MR) is 144 cm³/mol. The van der Waals surface area contributed by atoms with Crippen molar-refractivity contribution in [1.82, 2.24) is 20.5 Å². The topological polar surface area (TPSA) is 112 Å². The molecular formula is C28H37FN4O4S. The minimum Gasteiger partial charge on any atom is -0.391 e. The first-order valence-electron chi connectivity index (χ1n) is 13.1. The van der Waals surface area contributed by atoms with Crippen LogP contribution in [0.15, 0.2) is 23.7 Å². The third kappa shape index (κ3) is 5.91. The molecule has 4 rings (SSSR count). The minimum atomic E-state index is -1.92. The fourth-order valence-corrected chi connectivity index (χ4v) is 5.67. The van der Waals surface area contributed by atoms with Crippen LogP contribution in [0.5, 0.6) is 0 Å². The van der Waals surface area contributed by atoms with Crippen LogP contribution in [0.4, 0.5) is 4.39 Å². The number of amides is 3. The molecule has 1 saturated heterocycles. The lowest BCUT2D eigenvalue weighted by Gasteiger charge is -2.35. The second-order valence-electron chi connectivity index (χ2n) is 11.5. The van der Waals surface area contributed by atoms with Gasteiger partial charge in [0.1, 0.15) is 12.1 Å². The highest BCUT2D eigenvalue weighted by Gasteiger charge is 2.53. The maximum Gasteiger partial charge on any atom is 0.258 e. The first kappa shape index (κ1) is 28.2. The molecule has 2 aliphatic rings. The Morgan fingerprint density at radius 1 is 1.26 bits per heavy atom. The number of halogens is 1. The Kier molecular flexibility index (Phi) is 7.95. The van der Waals surface area contributed by atoms with E-state index in [-0.39, 0.29) is 38.3 Å². The zero-order valence-corrected chi connectivity index (χ0v) is 23.5. The molecule has 38 heavy (non-hydrogen) atoms. The first-order chi connectivity index (χ1) is 17.8. The van der Waals surface area contributed by atoms with Crippen LogP contribution in [-0.2, 0) is 27.3 Å². The standard InChI is InChI=1S/C28H37FN4O4S/c1-6-17-11-18(22-16(2)31-15-38-22)7-8-19(17)13-30-24(35)21-12-20(34)14-33(21)25(36)23(27(3,4)5)32-26(37)28(29)9-10-28/h7-8,11,15,20-21,23,34H,6,9-10,12-14H2,1-5H3,(H,30,35)(H,32,37)/t20-,21+,23-/m1/s1. The number of aliphatic hydroxyl groups excluding tert-OH is 1. The molecule has 0 radical (unpaired) electrons. The fourth-order valence-electron chi connectivity index (χ4n) is 4.87. The van der Waals surface area contributed by atoms with E-state index in [2.05, 4.69) is 28.6 Å². The molecule has 1 aliphatic heterocycles. The number of carbonyl (C=O) groups excluding carboxylic acids is 3. The molecular weight excluding hydrogens is 507 g/mol. The van der Waals surface area contributed by atoms with Crippen molar-refractivity contribution >= 4 is 29.1 Å². The Morgan fingerprint density at radius 3 is 2.55 bits per heavy atom. The van der Waals surface area contributed by atoms with Crippen molar-refractivity contribution in [2.24, 2.45) is 5.41 Å². The third-order valence-corrected chi connectivity index (χ3v) is 8.37. The summed E-state index contributed by atoms with van der Waals surface area (Å²) in [7, 11) is 0. The smallest absolute Gasteiger partial charge is 0.258 e. The molecule has 2 heterocycles. The van der Waals surface area contributed by atoms with E-state index in [0.717, 1.165) is 33.7 Å². The molecule has 0 spiro atoms. The molecule has 1 aliphatic carbocycles. The van der Waals surface area contributed by atoms with E-state index in [1.165, 1.54) is 4.90 Å². The molecule has 3 amide bonds. The number of β-amino-alcohol motifs (C(OH)–C–C–N with tert-alkyl or cyclic N) is 1. The van der Waals surface area contributed by atoms with Crippen LogP contribution in [0.1, 0.15) is 63.8 Å². The lowest BCUT2D eigenvalue weighted by molar-refractivity contribution is -0.145. The number of alkyl halides is 1. The molecule has 10 heteroatoms. The van der Waals surface area contributed by atoms with E-state index in [9.17, 15) is 23.9 Å². The van der Waals surface area contributed by atoms with Crippen LogP contribution in [0.3, 0.4) is 0 Å². The Morgan fingerprint density at radius 2 is 1.97 bits per heavy atom. The highest BCUT2D eigenvalue weighted by atomic mass is 32.1. The van der Waals surface area contributed by atoms with E-state index in [1.807, 2.05) is 24.6 Å².